The van der Waals surface area contributed by atoms with Gasteiger partial charge in [-0.05, 0) is 25.2 Å². The minimum Gasteiger partial charge on any atom is -0.480 e. The molecule has 0 aliphatic carbocycles. The Hall–Kier alpha value is -2.38. The molecule has 2 N–H and O–H groups in total. The zero-order valence-electron chi connectivity index (χ0n) is 15.1. The lowest BCUT2D eigenvalue weighted by molar-refractivity contribution is -0.141. The number of hydrogen-bond acceptors (Lipinski definition) is 5. The molecule has 8 heteroatoms. The predicted molar refractivity (Wildman–Crippen MR) is 93.3 cm³/mol. The van der Waals surface area contributed by atoms with Gasteiger partial charge in [-0.2, -0.15) is 0 Å². The summed E-state index contributed by atoms with van der Waals surface area (Å²) in [6.07, 6.45) is 4.40. The van der Waals surface area contributed by atoms with Gasteiger partial charge < -0.3 is 15.2 Å². The average Bonchev–Trinajstić information content (AvgIpc) is 3.04. The summed E-state index contributed by atoms with van der Waals surface area (Å²) in [4.78, 5) is 22.8. The van der Waals surface area contributed by atoms with Gasteiger partial charge in [-0.25, -0.2) is 14.3 Å². The molecule has 0 aromatic carbocycles. The maximum atomic E-state index is 11.5. The van der Waals surface area contributed by atoms with E-state index < -0.39 is 18.1 Å². The number of alkyl carbamates (subject to hydrolysis) is 1. The highest BCUT2D eigenvalue weighted by Gasteiger charge is 2.22. The number of ether oxygens (including phenoxy) is 1. The van der Waals surface area contributed by atoms with E-state index in [0.29, 0.717) is 31.7 Å². The van der Waals surface area contributed by atoms with Crippen molar-refractivity contribution < 1.29 is 19.4 Å². The average molecular weight is 352 g/mol. The third-order valence-corrected chi connectivity index (χ3v) is 4.10. The second-order valence-corrected chi connectivity index (χ2v) is 6.32. The van der Waals surface area contributed by atoms with Gasteiger partial charge in [0.15, 0.2) is 6.04 Å². The van der Waals surface area contributed by atoms with Crippen LogP contribution in [0, 0.1) is 5.92 Å². The number of rotatable bonds is 11. The quantitative estimate of drug-likeness (QED) is 0.468. The van der Waals surface area contributed by atoms with E-state index in [-0.39, 0.29) is 12.5 Å². The highest BCUT2D eigenvalue weighted by atomic mass is 16.5. The molecule has 0 radical (unpaired) electrons. The lowest BCUT2D eigenvalue weighted by Crippen LogP contribution is -2.26. The molecule has 1 aromatic rings. The second-order valence-electron chi connectivity index (χ2n) is 6.32. The number of carboxylic acid groups (broad SMARTS) is 1. The van der Waals surface area contributed by atoms with Crippen molar-refractivity contribution in [2.24, 2.45) is 5.92 Å². The topological polar surface area (TPSA) is 106 Å². The van der Waals surface area contributed by atoms with Gasteiger partial charge in [-0.3, -0.25) is 0 Å². The molecule has 0 saturated carbocycles. The van der Waals surface area contributed by atoms with Crippen LogP contribution in [0.25, 0.3) is 0 Å². The monoisotopic (exact) mass is 352 g/mol. The Balaban J connectivity index is 2.46. The van der Waals surface area contributed by atoms with Crippen molar-refractivity contribution in [3.8, 4) is 0 Å². The number of nitrogens with zero attached hydrogens (tertiary/aromatic N) is 3. The first-order chi connectivity index (χ1) is 11.9. The van der Waals surface area contributed by atoms with Crippen molar-refractivity contribution in [3.63, 3.8) is 0 Å². The molecule has 0 aliphatic heterocycles. The summed E-state index contributed by atoms with van der Waals surface area (Å²) < 4.78 is 6.21. The van der Waals surface area contributed by atoms with E-state index in [9.17, 15) is 14.7 Å². The molecular formula is C17H28N4O4. The molecule has 0 fully saturated rings. The Morgan fingerprint density at radius 1 is 1.40 bits per heavy atom. The van der Waals surface area contributed by atoms with Crippen molar-refractivity contribution in [2.45, 2.75) is 52.0 Å². The molecule has 1 rings (SSSR count). The minimum absolute atomic E-state index is 0.163. The Morgan fingerprint density at radius 3 is 2.72 bits per heavy atom. The molecule has 0 bridgehead atoms. The van der Waals surface area contributed by atoms with E-state index in [1.165, 1.54) is 10.8 Å². The summed E-state index contributed by atoms with van der Waals surface area (Å²) in [7, 11) is 0. The van der Waals surface area contributed by atoms with Crippen LogP contribution in [0.3, 0.4) is 0 Å². The van der Waals surface area contributed by atoms with Gasteiger partial charge in [0, 0.05) is 18.7 Å². The molecule has 8 nitrogen and oxygen atoms in total. The molecule has 1 aromatic heterocycles. The number of nitrogens with one attached hydrogen (secondary N) is 1. The van der Waals surface area contributed by atoms with Gasteiger partial charge in [0.2, 0.25) is 0 Å². The summed E-state index contributed by atoms with van der Waals surface area (Å²) in [5, 5.41) is 20.1. The number of aromatic nitrogens is 3. The van der Waals surface area contributed by atoms with Crippen molar-refractivity contribution in [3.05, 3.63) is 24.5 Å². The fraction of sp³-hybridized carbons (Fsp3) is 0.647. The van der Waals surface area contributed by atoms with Crippen molar-refractivity contribution in [1.82, 2.24) is 20.3 Å². The second kappa shape index (κ2) is 10.5. The van der Waals surface area contributed by atoms with E-state index in [4.69, 9.17) is 4.74 Å². The minimum atomic E-state index is -0.938. The maximum absolute atomic E-state index is 11.5. The number of carbonyl (C=O) groups is 2. The predicted octanol–water partition coefficient (Wildman–Crippen LogP) is 2.75. The molecule has 140 valence electrons. The molecule has 0 aliphatic rings. The lowest BCUT2D eigenvalue weighted by atomic mass is 9.95. The molecule has 25 heavy (non-hydrogen) atoms. The number of carbonyl (C=O) groups excluding carboxylic acids is 1. The normalized spacial score (nSPS) is 13.3. The zero-order chi connectivity index (χ0) is 18.8. The Kier molecular flexibility index (Phi) is 8.66. The number of hydrogen-bond donors (Lipinski definition) is 2. The van der Waals surface area contributed by atoms with Gasteiger partial charge in [-0.15, -0.1) is 5.10 Å². The van der Waals surface area contributed by atoms with Crippen LogP contribution >= 0.6 is 0 Å². The Labute approximate surface area is 148 Å². The fourth-order valence-electron chi connectivity index (χ4n) is 2.20. The van der Waals surface area contributed by atoms with Crippen LogP contribution in [0.2, 0.25) is 0 Å². The SMILES string of the molecule is C=CCOC(=O)NCCCC[C@@H](C(=O)O)n1cc([C@@H](C)C(C)C)nn1. The van der Waals surface area contributed by atoms with Crippen LogP contribution in [0.1, 0.15) is 57.7 Å². The van der Waals surface area contributed by atoms with Gasteiger partial charge in [0.1, 0.15) is 6.61 Å². The van der Waals surface area contributed by atoms with Crippen molar-refractivity contribution in [1.29, 1.82) is 0 Å². The Morgan fingerprint density at radius 2 is 2.12 bits per heavy atom. The van der Waals surface area contributed by atoms with Gasteiger partial charge in [-0.1, -0.05) is 38.6 Å². The Bertz CT molecular complexity index is 571. The summed E-state index contributed by atoms with van der Waals surface area (Å²) in [5.41, 5.74) is 0.799. The third-order valence-electron chi connectivity index (χ3n) is 4.10. The fourth-order valence-corrected chi connectivity index (χ4v) is 2.20. The number of carboxylic acids is 1. The summed E-state index contributed by atoms with van der Waals surface area (Å²) >= 11 is 0. The molecule has 1 amide bonds. The smallest absolute Gasteiger partial charge is 0.407 e. The van der Waals surface area contributed by atoms with Crippen LogP contribution in [0.4, 0.5) is 4.79 Å². The van der Waals surface area contributed by atoms with Crippen LogP contribution in [0.5, 0.6) is 0 Å². The number of aliphatic carboxylic acids is 1. The van der Waals surface area contributed by atoms with Crippen LogP contribution < -0.4 is 5.32 Å². The summed E-state index contributed by atoms with van der Waals surface area (Å²) in [6, 6.07) is -0.756. The van der Waals surface area contributed by atoms with Crippen LogP contribution in [0.15, 0.2) is 18.9 Å². The van der Waals surface area contributed by atoms with Gasteiger partial charge in [0.05, 0.1) is 5.69 Å². The van der Waals surface area contributed by atoms with E-state index in [1.54, 1.807) is 6.20 Å². The highest BCUT2D eigenvalue weighted by molar-refractivity contribution is 5.71. The standard InChI is InChI=1S/C17H28N4O4/c1-5-10-25-17(24)18-9-7-6-8-15(16(22)23)21-11-14(19-20-21)13(4)12(2)3/h5,11-13,15H,1,6-10H2,2-4H3,(H,18,24)(H,22,23)/t13-,15-/m0/s1. The molecule has 0 saturated heterocycles. The van der Waals surface area contributed by atoms with E-state index in [0.717, 1.165) is 5.69 Å². The first kappa shape index (κ1) is 20.7. The van der Waals surface area contributed by atoms with E-state index in [2.05, 4.69) is 36.1 Å². The summed E-state index contributed by atoms with van der Waals surface area (Å²) in [6.45, 7) is 10.3. The van der Waals surface area contributed by atoms with E-state index >= 15 is 0 Å². The van der Waals surface area contributed by atoms with Crippen LogP contribution in [-0.4, -0.2) is 45.3 Å². The molecule has 0 spiro atoms. The third kappa shape index (κ3) is 6.94. The molecule has 0 unspecified atom stereocenters. The molecule has 2 atom stereocenters. The van der Waals surface area contributed by atoms with E-state index in [1.807, 2.05) is 6.92 Å². The first-order valence-corrected chi connectivity index (χ1v) is 8.52. The largest absolute Gasteiger partial charge is 0.480 e. The van der Waals surface area contributed by atoms with Crippen LogP contribution in [-0.2, 0) is 9.53 Å². The highest BCUT2D eigenvalue weighted by Crippen LogP contribution is 2.23. The summed E-state index contributed by atoms with van der Waals surface area (Å²) in [5.74, 6) is -0.318. The number of amides is 1. The number of unbranched alkanes of at least 4 members (excludes halogenated alkanes) is 1. The van der Waals surface area contributed by atoms with Gasteiger partial charge >= 0.3 is 12.1 Å². The first-order valence-electron chi connectivity index (χ1n) is 8.52. The lowest BCUT2D eigenvalue weighted by Gasteiger charge is -2.13. The molecule has 1 heterocycles. The maximum Gasteiger partial charge on any atom is 0.407 e. The van der Waals surface area contributed by atoms with Crippen molar-refractivity contribution in [2.75, 3.05) is 13.2 Å². The van der Waals surface area contributed by atoms with Crippen molar-refractivity contribution >= 4 is 12.1 Å². The van der Waals surface area contributed by atoms with Gasteiger partial charge in [0.25, 0.3) is 0 Å². The zero-order valence-corrected chi connectivity index (χ0v) is 15.1. The molecular weight excluding hydrogens is 324 g/mol.